The number of hydrogen-bond acceptors (Lipinski definition) is 6. The van der Waals surface area contributed by atoms with Crippen molar-refractivity contribution in [3.8, 4) is 0 Å². The second kappa shape index (κ2) is 8.97. The fourth-order valence-electron chi connectivity index (χ4n) is 2.60. The molecular weight excluding hydrogens is 393 g/mol. The summed E-state index contributed by atoms with van der Waals surface area (Å²) >= 11 is 0. The van der Waals surface area contributed by atoms with Crippen molar-refractivity contribution in [2.45, 2.75) is 31.5 Å². The Morgan fingerprint density at radius 2 is 1.71 bits per heavy atom. The van der Waals surface area contributed by atoms with Crippen LogP contribution in [-0.4, -0.2) is 65.6 Å². The second-order valence-electron chi connectivity index (χ2n) is 5.99. The standard InChI is InChI=1S/C15H18F5N5O3/c16-12(17)10(28-13(21)27)1-2-11(26)24-3-5-25(6-4-24)14-22-7-9(8-23-14)15(18,19)20/h7-8,10,12H,1-6H2,(H2,21,27)/t10-/m1/s1. The highest BCUT2D eigenvalue weighted by Gasteiger charge is 2.32. The summed E-state index contributed by atoms with van der Waals surface area (Å²) in [6.45, 7) is 0.985. The number of rotatable bonds is 6. The van der Waals surface area contributed by atoms with Crippen LogP contribution in [-0.2, 0) is 15.7 Å². The van der Waals surface area contributed by atoms with Gasteiger partial charge >= 0.3 is 12.3 Å². The lowest BCUT2D eigenvalue weighted by atomic mass is 10.1. The number of carbonyl (C=O) groups is 2. The van der Waals surface area contributed by atoms with Gasteiger partial charge in [0.15, 0.2) is 6.10 Å². The predicted molar refractivity (Wildman–Crippen MR) is 85.5 cm³/mol. The number of nitrogens with zero attached hydrogens (tertiary/aromatic N) is 4. The van der Waals surface area contributed by atoms with Crippen molar-refractivity contribution in [2.24, 2.45) is 5.73 Å². The molecule has 1 saturated heterocycles. The van der Waals surface area contributed by atoms with Gasteiger partial charge < -0.3 is 20.3 Å². The monoisotopic (exact) mass is 411 g/mol. The summed E-state index contributed by atoms with van der Waals surface area (Å²) in [5.41, 5.74) is 3.75. The number of aromatic nitrogens is 2. The van der Waals surface area contributed by atoms with E-state index in [9.17, 15) is 31.5 Å². The number of hydrogen-bond donors (Lipinski definition) is 1. The van der Waals surface area contributed by atoms with Gasteiger partial charge in [-0.15, -0.1) is 0 Å². The Balaban J connectivity index is 1.84. The van der Waals surface area contributed by atoms with Crippen LogP contribution in [0.1, 0.15) is 18.4 Å². The Bertz CT molecular complexity index is 678. The van der Waals surface area contributed by atoms with Gasteiger partial charge in [0.25, 0.3) is 6.43 Å². The zero-order valence-corrected chi connectivity index (χ0v) is 14.5. The summed E-state index contributed by atoms with van der Waals surface area (Å²) in [5.74, 6) is -0.306. The molecule has 1 aliphatic heterocycles. The zero-order chi connectivity index (χ0) is 20.9. The number of nitrogens with two attached hydrogens (primary N) is 1. The van der Waals surface area contributed by atoms with Gasteiger partial charge in [-0.25, -0.2) is 23.5 Å². The van der Waals surface area contributed by atoms with Crippen molar-refractivity contribution in [1.82, 2.24) is 14.9 Å². The van der Waals surface area contributed by atoms with Crippen LogP contribution in [0.5, 0.6) is 0 Å². The summed E-state index contributed by atoms with van der Waals surface area (Å²) in [5, 5.41) is 0. The van der Waals surface area contributed by atoms with Crippen molar-refractivity contribution in [1.29, 1.82) is 0 Å². The molecule has 0 bridgehead atoms. The molecule has 0 unspecified atom stereocenters. The smallest absolute Gasteiger partial charge is 0.419 e. The lowest BCUT2D eigenvalue weighted by Crippen LogP contribution is -2.49. The fraction of sp³-hybridized carbons (Fsp3) is 0.600. The average molecular weight is 411 g/mol. The van der Waals surface area contributed by atoms with E-state index in [1.807, 2.05) is 0 Å². The van der Waals surface area contributed by atoms with Gasteiger partial charge in [0.1, 0.15) is 0 Å². The molecule has 28 heavy (non-hydrogen) atoms. The summed E-state index contributed by atoms with van der Waals surface area (Å²) in [7, 11) is 0. The van der Waals surface area contributed by atoms with Crippen LogP contribution >= 0.6 is 0 Å². The third-order valence-corrected chi connectivity index (χ3v) is 4.07. The Kier molecular flexibility index (Phi) is 6.91. The van der Waals surface area contributed by atoms with E-state index >= 15 is 0 Å². The average Bonchev–Trinajstić information content (AvgIpc) is 2.64. The molecule has 1 aliphatic rings. The third kappa shape index (κ3) is 5.89. The predicted octanol–water partition coefficient (Wildman–Crippen LogP) is 1.65. The maximum atomic E-state index is 12.7. The number of alkyl halides is 5. The highest BCUT2D eigenvalue weighted by molar-refractivity contribution is 5.76. The van der Waals surface area contributed by atoms with Gasteiger partial charge in [0, 0.05) is 45.0 Å². The molecule has 0 radical (unpaired) electrons. The van der Waals surface area contributed by atoms with Crippen LogP contribution in [0.15, 0.2) is 12.4 Å². The molecule has 8 nitrogen and oxygen atoms in total. The quantitative estimate of drug-likeness (QED) is 0.715. The number of amides is 2. The van der Waals surface area contributed by atoms with Crippen molar-refractivity contribution in [3.05, 3.63) is 18.0 Å². The molecule has 1 fully saturated rings. The topological polar surface area (TPSA) is 102 Å². The van der Waals surface area contributed by atoms with Crippen molar-refractivity contribution >= 4 is 17.9 Å². The van der Waals surface area contributed by atoms with Crippen LogP contribution in [0.25, 0.3) is 0 Å². The van der Waals surface area contributed by atoms with E-state index in [0.717, 1.165) is 0 Å². The van der Waals surface area contributed by atoms with E-state index in [0.29, 0.717) is 12.4 Å². The lowest BCUT2D eigenvalue weighted by Gasteiger charge is -2.35. The first kappa shape index (κ1) is 21.6. The van der Waals surface area contributed by atoms with Crippen LogP contribution in [0.3, 0.4) is 0 Å². The normalized spacial score (nSPS) is 16.2. The molecule has 1 aromatic rings. The molecule has 0 aliphatic carbocycles. The summed E-state index contributed by atoms with van der Waals surface area (Å²) in [6.07, 6.45) is -9.87. The van der Waals surface area contributed by atoms with Crippen LogP contribution in [0.2, 0.25) is 0 Å². The van der Waals surface area contributed by atoms with E-state index in [4.69, 9.17) is 5.73 Å². The first-order valence-electron chi connectivity index (χ1n) is 8.24. The van der Waals surface area contributed by atoms with Gasteiger partial charge in [-0.1, -0.05) is 0 Å². The molecule has 156 valence electrons. The van der Waals surface area contributed by atoms with Crippen molar-refractivity contribution < 1.29 is 36.3 Å². The number of anilines is 1. The Morgan fingerprint density at radius 3 is 2.18 bits per heavy atom. The minimum absolute atomic E-state index is 0.104. The number of ether oxygens (including phenoxy) is 1. The molecule has 13 heteroatoms. The second-order valence-corrected chi connectivity index (χ2v) is 5.99. The molecule has 1 aromatic heterocycles. The maximum Gasteiger partial charge on any atom is 0.419 e. The van der Waals surface area contributed by atoms with Crippen molar-refractivity contribution in [2.75, 3.05) is 31.1 Å². The Morgan fingerprint density at radius 1 is 1.14 bits per heavy atom. The highest BCUT2D eigenvalue weighted by atomic mass is 19.4. The van der Waals surface area contributed by atoms with Crippen LogP contribution in [0.4, 0.5) is 32.7 Å². The molecule has 2 rings (SSSR count). The first-order chi connectivity index (χ1) is 13.1. The van der Waals surface area contributed by atoms with Gasteiger partial charge in [0.2, 0.25) is 11.9 Å². The number of primary amides is 1. The van der Waals surface area contributed by atoms with E-state index in [1.165, 1.54) is 4.90 Å². The summed E-state index contributed by atoms with van der Waals surface area (Å²) in [4.78, 5) is 33.2. The Hall–Kier alpha value is -2.73. The molecular formula is C15H18F5N5O3. The van der Waals surface area contributed by atoms with Gasteiger partial charge in [-0.2, -0.15) is 13.2 Å². The number of carbonyl (C=O) groups excluding carboxylic acids is 2. The molecule has 0 saturated carbocycles. The van der Waals surface area contributed by atoms with E-state index in [2.05, 4.69) is 14.7 Å². The van der Waals surface area contributed by atoms with Crippen LogP contribution < -0.4 is 10.6 Å². The molecule has 0 aromatic carbocycles. The molecule has 2 amide bonds. The van der Waals surface area contributed by atoms with Gasteiger partial charge in [-0.3, -0.25) is 4.79 Å². The fourth-order valence-corrected chi connectivity index (χ4v) is 2.60. The molecule has 1 atom stereocenters. The molecule has 0 spiro atoms. The lowest BCUT2D eigenvalue weighted by molar-refractivity contribution is -0.138. The third-order valence-electron chi connectivity index (χ3n) is 4.07. The first-order valence-corrected chi connectivity index (χ1v) is 8.24. The van der Waals surface area contributed by atoms with Gasteiger partial charge in [-0.05, 0) is 6.42 Å². The molecule has 2 N–H and O–H groups in total. The van der Waals surface area contributed by atoms with E-state index in [1.54, 1.807) is 4.90 Å². The van der Waals surface area contributed by atoms with E-state index in [-0.39, 0.29) is 45.0 Å². The maximum absolute atomic E-state index is 12.7. The number of piperazine rings is 1. The van der Waals surface area contributed by atoms with Crippen LogP contribution in [0, 0.1) is 0 Å². The summed E-state index contributed by atoms with van der Waals surface area (Å²) in [6, 6.07) is 0. The SMILES string of the molecule is NC(=O)O[C@H](CCC(=O)N1CCN(c2ncc(C(F)(F)F)cn2)CC1)C(F)F. The minimum atomic E-state index is -4.53. The Labute approximate surface area is 156 Å². The molecule has 2 heterocycles. The van der Waals surface area contributed by atoms with Crippen molar-refractivity contribution in [3.63, 3.8) is 0 Å². The van der Waals surface area contributed by atoms with Gasteiger partial charge in [0.05, 0.1) is 5.56 Å². The van der Waals surface area contributed by atoms with E-state index < -0.39 is 36.3 Å². The largest absolute Gasteiger partial charge is 0.440 e. The number of halogens is 5. The summed E-state index contributed by atoms with van der Waals surface area (Å²) < 4.78 is 67.4. The zero-order valence-electron chi connectivity index (χ0n) is 14.5. The highest BCUT2D eigenvalue weighted by Crippen LogP contribution is 2.28. The minimum Gasteiger partial charge on any atom is -0.440 e.